The van der Waals surface area contributed by atoms with Crippen LogP contribution in [0, 0.1) is 11.3 Å². The molecular weight excluding hydrogens is 228 g/mol. The van der Waals surface area contributed by atoms with Gasteiger partial charge in [0.1, 0.15) is 6.04 Å². The molecule has 4 heteroatoms. The van der Waals surface area contributed by atoms with Gasteiger partial charge in [0.25, 0.3) is 5.91 Å². The Bertz CT molecular complexity index is 491. The summed E-state index contributed by atoms with van der Waals surface area (Å²) in [5, 5.41) is 11.7. The second-order valence-corrected chi connectivity index (χ2v) is 4.42. The zero-order valence-corrected chi connectivity index (χ0v) is 10.4. The molecule has 1 unspecified atom stereocenters. The van der Waals surface area contributed by atoms with Crippen LogP contribution in [0.4, 0.5) is 0 Å². The fourth-order valence-electron chi connectivity index (χ4n) is 2.01. The molecule has 0 spiro atoms. The topological polar surface area (TPSA) is 62.1 Å². The third-order valence-electron chi connectivity index (χ3n) is 3.02. The van der Waals surface area contributed by atoms with Gasteiger partial charge >= 0.3 is 0 Å². The number of carbonyl (C=O) groups is 1. The van der Waals surface area contributed by atoms with Crippen LogP contribution >= 0.6 is 0 Å². The number of benzene rings is 1. The lowest BCUT2D eigenvalue weighted by atomic mass is 10.1. The number of rotatable bonds is 4. The maximum atomic E-state index is 12.0. The smallest absolute Gasteiger partial charge is 0.252 e. The van der Waals surface area contributed by atoms with Gasteiger partial charge in [0, 0.05) is 5.56 Å². The molecule has 1 aromatic carbocycles. The summed E-state index contributed by atoms with van der Waals surface area (Å²) in [5.41, 5.74) is 2.79. The van der Waals surface area contributed by atoms with Crippen molar-refractivity contribution in [1.82, 2.24) is 5.32 Å². The Kier molecular flexibility index (Phi) is 3.96. The first-order valence-corrected chi connectivity index (χ1v) is 6.14. The molecule has 0 saturated heterocycles. The van der Waals surface area contributed by atoms with Crippen LogP contribution in [0.25, 0.3) is 0 Å². The van der Waals surface area contributed by atoms with Crippen LogP contribution in [0.5, 0.6) is 0 Å². The van der Waals surface area contributed by atoms with Crippen LogP contribution in [-0.2, 0) is 18.0 Å². The van der Waals surface area contributed by atoms with E-state index < -0.39 is 6.04 Å². The largest absolute Gasteiger partial charge is 0.372 e. The molecule has 1 heterocycles. The van der Waals surface area contributed by atoms with E-state index in [1.807, 2.05) is 19.1 Å². The zero-order valence-electron chi connectivity index (χ0n) is 10.4. The van der Waals surface area contributed by atoms with Gasteiger partial charge in [0.15, 0.2) is 0 Å². The first-order valence-electron chi connectivity index (χ1n) is 6.14. The van der Waals surface area contributed by atoms with Crippen molar-refractivity contribution < 1.29 is 9.53 Å². The molecule has 0 bridgehead atoms. The van der Waals surface area contributed by atoms with E-state index in [1.165, 1.54) is 0 Å². The van der Waals surface area contributed by atoms with Crippen molar-refractivity contribution in [2.45, 2.75) is 39.0 Å². The molecule has 1 aliphatic rings. The first kappa shape index (κ1) is 12.6. The van der Waals surface area contributed by atoms with Crippen molar-refractivity contribution in [2.24, 2.45) is 0 Å². The van der Waals surface area contributed by atoms with Crippen LogP contribution < -0.4 is 5.32 Å². The van der Waals surface area contributed by atoms with Crippen LogP contribution in [0.3, 0.4) is 0 Å². The Morgan fingerprint density at radius 1 is 1.50 bits per heavy atom. The summed E-state index contributed by atoms with van der Waals surface area (Å²) < 4.78 is 5.31. The standard InChI is InChI=1S/C14H16N2O2/c1-2-3-13(7-15)16-14(17)10-4-5-11-8-18-9-12(11)6-10/h4-6,13H,2-3,8-9H2,1H3,(H,16,17). The number of carbonyl (C=O) groups excluding carboxylic acids is 1. The van der Waals surface area contributed by atoms with E-state index >= 15 is 0 Å². The van der Waals surface area contributed by atoms with Crippen molar-refractivity contribution in [1.29, 1.82) is 5.26 Å². The van der Waals surface area contributed by atoms with Gasteiger partial charge in [0.05, 0.1) is 19.3 Å². The molecular formula is C14H16N2O2. The number of nitriles is 1. The summed E-state index contributed by atoms with van der Waals surface area (Å²) in [4.78, 5) is 12.0. The van der Waals surface area contributed by atoms with E-state index in [0.717, 1.165) is 17.5 Å². The van der Waals surface area contributed by atoms with Crippen LogP contribution in [0.1, 0.15) is 41.3 Å². The van der Waals surface area contributed by atoms with Crippen molar-refractivity contribution in [3.8, 4) is 6.07 Å². The number of ether oxygens (including phenoxy) is 1. The molecule has 0 saturated carbocycles. The van der Waals surface area contributed by atoms with Crippen molar-refractivity contribution in [3.05, 3.63) is 34.9 Å². The molecule has 2 rings (SSSR count). The second-order valence-electron chi connectivity index (χ2n) is 4.42. The number of fused-ring (bicyclic) bond motifs is 1. The minimum atomic E-state index is -0.410. The minimum Gasteiger partial charge on any atom is -0.372 e. The highest BCUT2D eigenvalue weighted by Gasteiger charge is 2.16. The number of hydrogen-bond acceptors (Lipinski definition) is 3. The Hall–Kier alpha value is -1.86. The van der Waals surface area contributed by atoms with E-state index in [-0.39, 0.29) is 5.91 Å². The lowest BCUT2D eigenvalue weighted by molar-refractivity contribution is 0.0943. The summed E-state index contributed by atoms with van der Waals surface area (Å²) in [6.45, 7) is 3.17. The third-order valence-corrected chi connectivity index (χ3v) is 3.02. The van der Waals surface area contributed by atoms with E-state index in [9.17, 15) is 4.79 Å². The van der Waals surface area contributed by atoms with Gasteiger partial charge < -0.3 is 10.1 Å². The number of nitrogens with zero attached hydrogens (tertiary/aromatic N) is 1. The Morgan fingerprint density at radius 2 is 2.28 bits per heavy atom. The normalized spacial score (nSPS) is 14.7. The maximum absolute atomic E-state index is 12.0. The van der Waals surface area contributed by atoms with Crippen molar-refractivity contribution in [3.63, 3.8) is 0 Å². The van der Waals surface area contributed by atoms with E-state index in [0.29, 0.717) is 25.2 Å². The van der Waals surface area contributed by atoms with Gasteiger partial charge in [-0.3, -0.25) is 4.79 Å². The predicted molar refractivity (Wildman–Crippen MR) is 66.7 cm³/mol. The average molecular weight is 244 g/mol. The van der Waals surface area contributed by atoms with E-state index in [4.69, 9.17) is 10.00 Å². The quantitative estimate of drug-likeness (QED) is 0.882. The molecule has 1 aliphatic heterocycles. The lowest BCUT2D eigenvalue weighted by Crippen LogP contribution is -2.33. The van der Waals surface area contributed by atoms with Gasteiger partial charge in [-0.05, 0) is 29.7 Å². The highest BCUT2D eigenvalue weighted by atomic mass is 16.5. The van der Waals surface area contributed by atoms with Crippen LogP contribution in [0.2, 0.25) is 0 Å². The number of amides is 1. The molecule has 4 nitrogen and oxygen atoms in total. The molecule has 1 aromatic rings. The second kappa shape index (κ2) is 5.65. The van der Waals surface area contributed by atoms with Gasteiger partial charge in [-0.15, -0.1) is 0 Å². The summed E-state index contributed by atoms with van der Waals surface area (Å²) >= 11 is 0. The monoisotopic (exact) mass is 244 g/mol. The van der Waals surface area contributed by atoms with Crippen molar-refractivity contribution >= 4 is 5.91 Å². The molecule has 18 heavy (non-hydrogen) atoms. The first-order chi connectivity index (χ1) is 8.74. The molecule has 0 aliphatic carbocycles. The summed E-state index contributed by atoms with van der Waals surface area (Å²) in [6.07, 6.45) is 1.55. The third kappa shape index (κ3) is 2.69. The maximum Gasteiger partial charge on any atom is 0.252 e. The molecule has 94 valence electrons. The minimum absolute atomic E-state index is 0.190. The Balaban J connectivity index is 2.07. The van der Waals surface area contributed by atoms with Gasteiger partial charge in [0.2, 0.25) is 0 Å². The number of nitrogens with one attached hydrogen (secondary N) is 1. The average Bonchev–Trinajstić information content (AvgIpc) is 2.85. The molecule has 1 N–H and O–H groups in total. The molecule has 0 radical (unpaired) electrons. The Morgan fingerprint density at radius 3 is 3.00 bits per heavy atom. The van der Waals surface area contributed by atoms with Crippen LogP contribution in [0.15, 0.2) is 18.2 Å². The molecule has 1 amide bonds. The SMILES string of the molecule is CCCC(C#N)NC(=O)c1ccc2c(c1)COC2. The molecule has 0 fully saturated rings. The highest BCUT2D eigenvalue weighted by molar-refractivity contribution is 5.94. The molecule has 1 atom stereocenters. The summed E-state index contributed by atoms with van der Waals surface area (Å²) in [7, 11) is 0. The summed E-state index contributed by atoms with van der Waals surface area (Å²) in [5.74, 6) is -0.190. The summed E-state index contributed by atoms with van der Waals surface area (Å²) in [6, 6.07) is 7.23. The molecule has 0 aromatic heterocycles. The van der Waals surface area contributed by atoms with E-state index in [1.54, 1.807) is 6.07 Å². The fourth-order valence-corrected chi connectivity index (χ4v) is 2.01. The van der Waals surface area contributed by atoms with Crippen molar-refractivity contribution in [2.75, 3.05) is 0 Å². The lowest BCUT2D eigenvalue weighted by Gasteiger charge is -2.11. The Labute approximate surface area is 107 Å². The predicted octanol–water partition coefficient (Wildman–Crippen LogP) is 2.14. The highest BCUT2D eigenvalue weighted by Crippen LogP contribution is 2.20. The van der Waals surface area contributed by atoms with E-state index in [2.05, 4.69) is 11.4 Å². The van der Waals surface area contributed by atoms with Gasteiger partial charge in [-0.25, -0.2) is 0 Å². The van der Waals surface area contributed by atoms with Crippen LogP contribution in [-0.4, -0.2) is 11.9 Å². The zero-order chi connectivity index (χ0) is 13.0. The van der Waals surface area contributed by atoms with Gasteiger partial charge in [-0.2, -0.15) is 5.26 Å². The van der Waals surface area contributed by atoms with Gasteiger partial charge in [-0.1, -0.05) is 19.4 Å². The fraction of sp³-hybridized carbons (Fsp3) is 0.429. The number of hydrogen-bond donors (Lipinski definition) is 1.